The summed E-state index contributed by atoms with van der Waals surface area (Å²) in [4.78, 5) is 4.09. The van der Waals surface area contributed by atoms with Crippen LogP contribution in [-0.4, -0.2) is 40.1 Å². The van der Waals surface area contributed by atoms with Crippen molar-refractivity contribution in [3.8, 4) is 17.2 Å². The maximum absolute atomic E-state index is 12.5. The third kappa shape index (κ3) is 7.10. The number of halogens is 3. The lowest BCUT2D eigenvalue weighted by molar-refractivity contribution is -0.274. The molecule has 2 N–H and O–H groups in total. The fraction of sp³-hybridized carbons (Fsp3) is 0.350. The van der Waals surface area contributed by atoms with Gasteiger partial charge in [-0.15, -0.1) is 13.2 Å². The van der Waals surface area contributed by atoms with Gasteiger partial charge in [-0.3, -0.25) is 4.99 Å². The van der Waals surface area contributed by atoms with Gasteiger partial charge in [0.25, 0.3) is 0 Å². The summed E-state index contributed by atoms with van der Waals surface area (Å²) in [5, 5.41) is 6.11. The van der Waals surface area contributed by atoms with Crippen molar-refractivity contribution in [2.24, 2.45) is 4.99 Å². The zero-order valence-electron chi connectivity index (χ0n) is 16.5. The van der Waals surface area contributed by atoms with Crippen LogP contribution in [0.5, 0.6) is 17.2 Å². The molecular formula is C20H24F3N3O3. The van der Waals surface area contributed by atoms with Crippen molar-refractivity contribution in [1.29, 1.82) is 0 Å². The van der Waals surface area contributed by atoms with Crippen LogP contribution in [0.4, 0.5) is 13.2 Å². The standard InChI is InChI=1S/C20H24F3N3O3/c1-24-19(25-11-10-14-8-9-17(27-2)18(12-14)28-3)26-13-15-6-4-5-7-16(15)29-20(21,22)23/h4-9,12H,10-11,13H2,1-3H3,(H2,24,25,26). The topological polar surface area (TPSA) is 64.1 Å². The number of para-hydroxylation sites is 1. The van der Waals surface area contributed by atoms with Gasteiger partial charge >= 0.3 is 6.36 Å². The van der Waals surface area contributed by atoms with Crippen molar-refractivity contribution in [3.05, 3.63) is 53.6 Å². The van der Waals surface area contributed by atoms with Gasteiger partial charge in [-0.2, -0.15) is 0 Å². The molecular weight excluding hydrogens is 387 g/mol. The van der Waals surface area contributed by atoms with E-state index in [4.69, 9.17) is 9.47 Å². The molecule has 6 nitrogen and oxygen atoms in total. The van der Waals surface area contributed by atoms with Gasteiger partial charge in [-0.05, 0) is 30.2 Å². The smallest absolute Gasteiger partial charge is 0.493 e. The van der Waals surface area contributed by atoms with Gasteiger partial charge in [0, 0.05) is 25.7 Å². The molecule has 0 saturated heterocycles. The molecule has 2 aromatic carbocycles. The fourth-order valence-electron chi connectivity index (χ4n) is 2.64. The minimum Gasteiger partial charge on any atom is -0.493 e. The number of methoxy groups -OCH3 is 2. The maximum atomic E-state index is 12.5. The van der Waals surface area contributed by atoms with Gasteiger partial charge in [-0.1, -0.05) is 24.3 Å². The quantitative estimate of drug-likeness (QED) is 0.514. The number of hydrogen-bond donors (Lipinski definition) is 2. The molecule has 0 heterocycles. The number of rotatable bonds is 8. The lowest BCUT2D eigenvalue weighted by atomic mass is 10.1. The second-order valence-electron chi connectivity index (χ2n) is 5.95. The molecule has 0 aromatic heterocycles. The first-order valence-corrected chi connectivity index (χ1v) is 8.85. The Morgan fingerprint density at radius 1 is 0.966 bits per heavy atom. The second-order valence-corrected chi connectivity index (χ2v) is 5.95. The van der Waals surface area contributed by atoms with Crippen molar-refractivity contribution >= 4 is 5.96 Å². The van der Waals surface area contributed by atoms with Gasteiger partial charge in [0.05, 0.1) is 14.2 Å². The van der Waals surface area contributed by atoms with E-state index < -0.39 is 6.36 Å². The van der Waals surface area contributed by atoms with Crippen molar-refractivity contribution < 1.29 is 27.4 Å². The predicted molar refractivity (Wildman–Crippen MR) is 105 cm³/mol. The number of hydrogen-bond acceptors (Lipinski definition) is 4. The Bertz CT molecular complexity index is 826. The molecule has 0 fully saturated rings. The Kier molecular flexibility index (Phi) is 7.99. The largest absolute Gasteiger partial charge is 0.573 e. The number of nitrogens with one attached hydrogen (secondary N) is 2. The van der Waals surface area contributed by atoms with Crippen LogP contribution >= 0.6 is 0 Å². The van der Waals surface area contributed by atoms with Crippen LogP contribution in [0.15, 0.2) is 47.5 Å². The van der Waals surface area contributed by atoms with Gasteiger partial charge in [0.1, 0.15) is 5.75 Å². The first-order chi connectivity index (χ1) is 13.9. The molecule has 0 radical (unpaired) electrons. The van der Waals surface area contributed by atoms with E-state index in [1.807, 2.05) is 18.2 Å². The highest BCUT2D eigenvalue weighted by atomic mass is 19.4. The van der Waals surface area contributed by atoms with Gasteiger partial charge < -0.3 is 24.8 Å². The number of nitrogens with zero attached hydrogens (tertiary/aromatic N) is 1. The molecule has 0 aliphatic carbocycles. The summed E-state index contributed by atoms with van der Waals surface area (Å²) in [5.74, 6) is 1.52. The van der Waals surface area contributed by atoms with E-state index in [0.29, 0.717) is 36.0 Å². The van der Waals surface area contributed by atoms with E-state index in [-0.39, 0.29) is 12.3 Å². The Morgan fingerprint density at radius 2 is 1.69 bits per heavy atom. The fourth-order valence-corrected chi connectivity index (χ4v) is 2.64. The minimum absolute atomic E-state index is 0.127. The lowest BCUT2D eigenvalue weighted by Gasteiger charge is -2.16. The van der Waals surface area contributed by atoms with E-state index in [2.05, 4.69) is 20.4 Å². The third-order valence-corrected chi connectivity index (χ3v) is 4.02. The first kappa shape index (κ1) is 22.2. The molecule has 29 heavy (non-hydrogen) atoms. The number of alkyl halides is 3. The molecule has 0 bridgehead atoms. The molecule has 158 valence electrons. The Hall–Kier alpha value is -3.10. The molecule has 0 spiro atoms. The Balaban J connectivity index is 1.89. The number of benzene rings is 2. The van der Waals surface area contributed by atoms with Crippen LogP contribution in [0.2, 0.25) is 0 Å². The monoisotopic (exact) mass is 411 g/mol. The molecule has 9 heteroatoms. The average Bonchev–Trinajstić information content (AvgIpc) is 2.70. The van der Waals surface area contributed by atoms with Crippen molar-refractivity contribution in [3.63, 3.8) is 0 Å². The highest BCUT2D eigenvalue weighted by Gasteiger charge is 2.31. The molecule has 0 saturated carbocycles. The Morgan fingerprint density at radius 3 is 2.34 bits per heavy atom. The van der Waals surface area contributed by atoms with Gasteiger partial charge in [0.2, 0.25) is 0 Å². The van der Waals surface area contributed by atoms with E-state index in [1.165, 1.54) is 12.1 Å². The van der Waals surface area contributed by atoms with E-state index >= 15 is 0 Å². The summed E-state index contributed by atoms with van der Waals surface area (Å²) in [6, 6.07) is 11.6. The zero-order valence-corrected chi connectivity index (χ0v) is 16.5. The molecule has 0 aliphatic heterocycles. The summed E-state index contributed by atoms with van der Waals surface area (Å²) < 4.78 is 52.1. The predicted octanol–water partition coefficient (Wildman–Crippen LogP) is 3.51. The first-order valence-electron chi connectivity index (χ1n) is 8.85. The van der Waals surface area contributed by atoms with Gasteiger partial charge in [-0.25, -0.2) is 0 Å². The molecule has 0 atom stereocenters. The maximum Gasteiger partial charge on any atom is 0.573 e. The highest BCUT2D eigenvalue weighted by molar-refractivity contribution is 5.79. The summed E-state index contributed by atoms with van der Waals surface area (Å²) in [6.45, 7) is 0.693. The Labute approximate surface area is 167 Å². The number of aliphatic imine (C=N–C) groups is 1. The molecule has 2 rings (SSSR count). The van der Waals surface area contributed by atoms with E-state index in [0.717, 1.165) is 5.56 Å². The van der Waals surface area contributed by atoms with Crippen LogP contribution in [-0.2, 0) is 13.0 Å². The van der Waals surface area contributed by atoms with Crippen LogP contribution in [0.3, 0.4) is 0 Å². The molecule has 0 aliphatic rings. The second kappa shape index (κ2) is 10.4. The molecule has 0 amide bonds. The van der Waals surface area contributed by atoms with Crippen molar-refractivity contribution in [1.82, 2.24) is 10.6 Å². The van der Waals surface area contributed by atoms with Crippen LogP contribution in [0, 0.1) is 0 Å². The normalized spacial score (nSPS) is 11.7. The number of guanidine groups is 1. The molecule has 0 unspecified atom stereocenters. The zero-order chi connectivity index (χ0) is 21.3. The van der Waals surface area contributed by atoms with Crippen LogP contribution in [0.1, 0.15) is 11.1 Å². The minimum atomic E-state index is -4.74. The van der Waals surface area contributed by atoms with Crippen LogP contribution in [0.25, 0.3) is 0 Å². The van der Waals surface area contributed by atoms with E-state index in [1.54, 1.807) is 33.4 Å². The van der Waals surface area contributed by atoms with Gasteiger partial charge in [0.15, 0.2) is 17.5 Å². The van der Waals surface area contributed by atoms with E-state index in [9.17, 15) is 13.2 Å². The lowest BCUT2D eigenvalue weighted by Crippen LogP contribution is -2.38. The van der Waals surface area contributed by atoms with Crippen molar-refractivity contribution in [2.75, 3.05) is 27.8 Å². The SMILES string of the molecule is CN=C(NCCc1ccc(OC)c(OC)c1)NCc1ccccc1OC(F)(F)F. The van der Waals surface area contributed by atoms with Crippen molar-refractivity contribution in [2.45, 2.75) is 19.3 Å². The summed E-state index contributed by atoms with van der Waals surface area (Å²) in [6.07, 6.45) is -4.05. The molecule has 2 aromatic rings. The summed E-state index contributed by atoms with van der Waals surface area (Å²) >= 11 is 0. The van der Waals surface area contributed by atoms with Crippen LogP contribution < -0.4 is 24.8 Å². The summed E-state index contributed by atoms with van der Waals surface area (Å²) in [5.41, 5.74) is 1.40. The third-order valence-electron chi connectivity index (χ3n) is 4.02. The average molecular weight is 411 g/mol. The number of ether oxygens (including phenoxy) is 3. The summed E-state index contributed by atoms with van der Waals surface area (Å²) in [7, 11) is 4.74. The highest BCUT2D eigenvalue weighted by Crippen LogP contribution is 2.28.